The van der Waals surface area contributed by atoms with Gasteiger partial charge in [-0.1, -0.05) is 24.9 Å². The smallest absolute Gasteiger partial charge is 0.191 e. The number of nitrogens with zero attached hydrogens (tertiary/aromatic N) is 3. The van der Waals surface area contributed by atoms with E-state index in [9.17, 15) is 0 Å². The number of nitrogens with one attached hydrogen (secondary N) is 2. The maximum absolute atomic E-state index is 6.26. The molecule has 1 atom stereocenters. The van der Waals surface area contributed by atoms with Crippen LogP contribution >= 0.6 is 35.6 Å². The summed E-state index contributed by atoms with van der Waals surface area (Å²) >= 11 is 6.26. The molecule has 154 valence electrons. The SMILES string of the molecule is CCCCOCCCN=C(NCC)NC1CCN(c2ncccc2Cl)C1.I. The van der Waals surface area contributed by atoms with Gasteiger partial charge < -0.3 is 20.3 Å². The van der Waals surface area contributed by atoms with Gasteiger partial charge in [-0.3, -0.25) is 4.99 Å². The summed E-state index contributed by atoms with van der Waals surface area (Å²) in [6, 6.07) is 4.09. The molecule has 2 N–H and O–H groups in total. The number of aliphatic imine (C=N–C) groups is 1. The van der Waals surface area contributed by atoms with E-state index < -0.39 is 0 Å². The standard InChI is InChI=1S/C19H32ClN5O.HI/c1-3-5-13-26-14-7-11-23-19(21-4-2)24-16-9-12-25(15-16)18-17(20)8-6-10-22-18;/h6,8,10,16H,3-5,7,9,11-15H2,1-2H3,(H2,21,23,24);1H. The first-order chi connectivity index (χ1) is 12.7. The molecular weight excluding hydrogens is 477 g/mol. The average molecular weight is 510 g/mol. The second-order valence-corrected chi connectivity index (χ2v) is 6.87. The summed E-state index contributed by atoms with van der Waals surface area (Å²) in [5.41, 5.74) is 0. The molecule has 1 aliphatic rings. The van der Waals surface area contributed by atoms with Crippen LogP contribution in [0.4, 0.5) is 5.82 Å². The van der Waals surface area contributed by atoms with Crippen molar-refractivity contribution in [1.29, 1.82) is 0 Å². The fourth-order valence-corrected chi connectivity index (χ4v) is 3.14. The van der Waals surface area contributed by atoms with E-state index in [0.29, 0.717) is 11.1 Å². The fourth-order valence-electron chi connectivity index (χ4n) is 2.90. The van der Waals surface area contributed by atoms with Gasteiger partial charge in [-0.2, -0.15) is 0 Å². The van der Waals surface area contributed by atoms with Crippen molar-refractivity contribution < 1.29 is 4.74 Å². The zero-order valence-corrected chi connectivity index (χ0v) is 19.5. The van der Waals surface area contributed by atoms with Gasteiger partial charge in [0, 0.05) is 51.6 Å². The molecule has 0 amide bonds. The largest absolute Gasteiger partial charge is 0.381 e. The highest BCUT2D eigenvalue weighted by atomic mass is 127. The van der Waals surface area contributed by atoms with E-state index in [4.69, 9.17) is 16.3 Å². The predicted octanol–water partition coefficient (Wildman–Crippen LogP) is 3.69. The lowest BCUT2D eigenvalue weighted by Crippen LogP contribution is -2.44. The van der Waals surface area contributed by atoms with Crippen LogP contribution in [0.1, 0.15) is 39.5 Å². The van der Waals surface area contributed by atoms with Crippen LogP contribution in [0.25, 0.3) is 0 Å². The van der Waals surface area contributed by atoms with Gasteiger partial charge in [0.25, 0.3) is 0 Å². The molecule has 6 nitrogen and oxygen atoms in total. The van der Waals surface area contributed by atoms with Gasteiger partial charge in [-0.25, -0.2) is 4.98 Å². The number of guanidine groups is 1. The minimum absolute atomic E-state index is 0. The number of rotatable bonds is 10. The van der Waals surface area contributed by atoms with Crippen LogP contribution < -0.4 is 15.5 Å². The number of halogens is 2. The number of unbranched alkanes of at least 4 members (excludes halogenated alkanes) is 1. The van der Waals surface area contributed by atoms with Crippen LogP contribution in [-0.2, 0) is 4.74 Å². The molecule has 0 bridgehead atoms. The summed E-state index contributed by atoms with van der Waals surface area (Å²) in [4.78, 5) is 11.3. The molecular formula is C19H33ClIN5O. The number of anilines is 1. The summed E-state index contributed by atoms with van der Waals surface area (Å²) in [5.74, 6) is 1.74. The predicted molar refractivity (Wildman–Crippen MR) is 125 cm³/mol. The molecule has 1 aliphatic heterocycles. The average Bonchev–Trinajstić information content (AvgIpc) is 3.09. The molecule has 1 fully saturated rings. The molecule has 2 heterocycles. The molecule has 2 rings (SSSR count). The van der Waals surface area contributed by atoms with E-state index >= 15 is 0 Å². The van der Waals surface area contributed by atoms with Crippen LogP contribution in [0, 0.1) is 0 Å². The van der Waals surface area contributed by atoms with Crippen molar-refractivity contribution in [3.63, 3.8) is 0 Å². The molecule has 0 aliphatic carbocycles. The normalized spacial score (nSPS) is 16.9. The third-order valence-corrected chi connectivity index (χ3v) is 4.57. The van der Waals surface area contributed by atoms with Crippen LogP contribution in [0.3, 0.4) is 0 Å². The van der Waals surface area contributed by atoms with E-state index in [0.717, 1.165) is 70.4 Å². The Labute approximate surface area is 185 Å². The highest BCUT2D eigenvalue weighted by molar-refractivity contribution is 14.0. The van der Waals surface area contributed by atoms with Gasteiger partial charge in [-0.05, 0) is 38.3 Å². The second kappa shape index (κ2) is 14.2. The molecule has 1 saturated heterocycles. The molecule has 8 heteroatoms. The third-order valence-electron chi connectivity index (χ3n) is 4.27. The quantitative estimate of drug-likeness (QED) is 0.218. The van der Waals surface area contributed by atoms with Crippen molar-refractivity contribution in [3.8, 4) is 0 Å². The van der Waals surface area contributed by atoms with Gasteiger partial charge >= 0.3 is 0 Å². The zero-order valence-electron chi connectivity index (χ0n) is 16.4. The van der Waals surface area contributed by atoms with E-state index in [-0.39, 0.29) is 24.0 Å². The number of aromatic nitrogens is 1. The monoisotopic (exact) mass is 509 g/mol. The van der Waals surface area contributed by atoms with Crippen LogP contribution in [0.2, 0.25) is 5.02 Å². The lowest BCUT2D eigenvalue weighted by molar-refractivity contribution is 0.130. The Kier molecular flexibility index (Phi) is 12.8. The minimum atomic E-state index is 0. The van der Waals surface area contributed by atoms with E-state index in [2.05, 4.69) is 39.4 Å². The van der Waals surface area contributed by atoms with Gasteiger partial charge in [0.05, 0.1) is 5.02 Å². The molecule has 27 heavy (non-hydrogen) atoms. The van der Waals surface area contributed by atoms with Gasteiger partial charge in [-0.15, -0.1) is 24.0 Å². The third kappa shape index (κ3) is 8.83. The first-order valence-electron chi connectivity index (χ1n) is 9.72. The summed E-state index contributed by atoms with van der Waals surface area (Å²) < 4.78 is 5.59. The topological polar surface area (TPSA) is 61.8 Å². The van der Waals surface area contributed by atoms with Crippen molar-refractivity contribution in [2.24, 2.45) is 4.99 Å². The Bertz CT molecular complexity index is 561. The first kappa shape index (κ1) is 24.2. The molecule has 1 aromatic heterocycles. The van der Waals surface area contributed by atoms with Crippen molar-refractivity contribution in [2.45, 2.75) is 45.6 Å². The van der Waals surface area contributed by atoms with E-state index in [1.165, 1.54) is 6.42 Å². The minimum Gasteiger partial charge on any atom is -0.381 e. The molecule has 0 spiro atoms. The summed E-state index contributed by atoms with van der Waals surface area (Å²) in [6.45, 7) is 9.32. The van der Waals surface area contributed by atoms with Gasteiger partial charge in [0.2, 0.25) is 0 Å². The molecule has 1 aromatic rings. The molecule has 1 unspecified atom stereocenters. The van der Waals surface area contributed by atoms with Crippen molar-refractivity contribution in [2.75, 3.05) is 44.3 Å². The highest BCUT2D eigenvalue weighted by Gasteiger charge is 2.25. The molecule has 0 saturated carbocycles. The van der Waals surface area contributed by atoms with Crippen molar-refractivity contribution >= 4 is 47.4 Å². The first-order valence-corrected chi connectivity index (χ1v) is 10.1. The highest BCUT2D eigenvalue weighted by Crippen LogP contribution is 2.25. The Balaban J connectivity index is 0.00000364. The Morgan fingerprint density at radius 1 is 1.37 bits per heavy atom. The van der Waals surface area contributed by atoms with Crippen LogP contribution in [0.5, 0.6) is 0 Å². The van der Waals surface area contributed by atoms with Crippen LogP contribution in [0.15, 0.2) is 23.3 Å². The van der Waals surface area contributed by atoms with Gasteiger partial charge in [0.15, 0.2) is 5.96 Å². The van der Waals surface area contributed by atoms with Gasteiger partial charge in [0.1, 0.15) is 5.82 Å². The summed E-state index contributed by atoms with van der Waals surface area (Å²) in [5, 5.41) is 7.56. The lowest BCUT2D eigenvalue weighted by atomic mass is 10.3. The van der Waals surface area contributed by atoms with E-state index in [1.54, 1.807) is 6.20 Å². The Morgan fingerprint density at radius 3 is 2.93 bits per heavy atom. The second-order valence-electron chi connectivity index (χ2n) is 6.46. The summed E-state index contributed by atoms with van der Waals surface area (Å²) in [6.07, 6.45) is 6.08. The maximum atomic E-state index is 6.26. The summed E-state index contributed by atoms with van der Waals surface area (Å²) in [7, 11) is 0. The zero-order chi connectivity index (χ0) is 18.6. The number of hydrogen-bond acceptors (Lipinski definition) is 4. The number of pyridine rings is 1. The Hall–Kier alpha value is -0.800. The molecule has 0 aromatic carbocycles. The maximum Gasteiger partial charge on any atom is 0.191 e. The number of ether oxygens (including phenoxy) is 1. The fraction of sp³-hybridized carbons (Fsp3) is 0.684. The van der Waals surface area contributed by atoms with Crippen molar-refractivity contribution in [3.05, 3.63) is 23.4 Å². The lowest BCUT2D eigenvalue weighted by Gasteiger charge is -2.20. The number of hydrogen-bond donors (Lipinski definition) is 2. The Morgan fingerprint density at radius 2 is 2.19 bits per heavy atom. The molecule has 0 radical (unpaired) electrons. The van der Waals surface area contributed by atoms with Crippen LogP contribution in [-0.4, -0.2) is 56.4 Å². The van der Waals surface area contributed by atoms with Crippen molar-refractivity contribution in [1.82, 2.24) is 15.6 Å². The van der Waals surface area contributed by atoms with E-state index in [1.807, 2.05) is 12.1 Å².